The van der Waals surface area contributed by atoms with Crippen molar-refractivity contribution in [2.45, 2.75) is 6.92 Å². The first-order valence-corrected chi connectivity index (χ1v) is 9.89. The molecule has 2 heterocycles. The number of amides is 2. The number of benzene rings is 2. The lowest BCUT2D eigenvalue weighted by Crippen LogP contribution is -2.49. The zero-order valence-electron chi connectivity index (χ0n) is 16.8. The molecule has 1 aromatic heterocycles. The molecule has 0 unspecified atom stereocenters. The second-order valence-corrected chi connectivity index (χ2v) is 7.17. The van der Waals surface area contributed by atoms with Crippen molar-refractivity contribution in [3.8, 4) is 11.3 Å². The van der Waals surface area contributed by atoms with Crippen molar-refractivity contribution < 1.29 is 9.59 Å². The van der Waals surface area contributed by atoms with E-state index in [1.54, 1.807) is 30.6 Å². The van der Waals surface area contributed by atoms with E-state index in [9.17, 15) is 9.59 Å². The highest BCUT2D eigenvalue weighted by Crippen LogP contribution is 2.22. The van der Waals surface area contributed by atoms with E-state index < -0.39 is 0 Å². The Hall–Kier alpha value is -3.74. The van der Waals surface area contributed by atoms with Crippen LogP contribution < -0.4 is 10.2 Å². The first kappa shape index (κ1) is 19.6. The molecule has 7 nitrogen and oxygen atoms in total. The van der Waals surface area contributed by atoms with Crippen molar-refractivity contribution >= 4 is 23.3 Å². The van der Waals surface area contributed by atoms with Crippen LogP contribution in [0.2, 0.25) is 0 Å². The average molecular weight is 401 g/mol. The number of piperazine rings is 1. The summed E-state index contributed by atoms with van der Waals surface area (Å²) in [5, 5.41) is 2.72. The molecule has 1 aliphatic rings. The fraction of sp³-hybridized carbons (Fsp3) is 0.217. The minimum atomic E-state index is -0.159. The molecular weight excluding hydrogens is 378 g/mol. The number of hydrogen-bond donors (Lipinski definition) is 1. The molecule has 0 spiro atoms. The van der Waals surface area contributed by atoms with E-state index in [2.05, 4.69) is 20.2 Å². The van der Waals surface area contributed by atoms with Crippen molar-refractivity contribution in [2.24, 2.45) is 0 Å². The van der Waals surface area contributed by atoms with E-state index in [4.69, 9.17) is 0 Å². The molecule has 0 atom stereocenters. The summed E-state index contributed by atoms with van der Waals surface area (Å²) in [5.41, 5.74) is 3.13. The monoisotopic (exact) mass is 401 g/mol. The molecule has 3 aromatic rings. The summed E-state index contributed by atoms with van der Waals surface area (Å²) in [6.07, 6.45) is 1.59. The normalized spacial score (nSPS) is 13.8. The molecule has 4 rings (SSSR count). The van der Waals surface area contributed by atoms with Gasteiger partial charge in [0.1, 0.15) is 12.1 Å². The fourth-order valence-electron chi connectivity index (χ4n) is 3.54. The standard InChI is InChI=1S/C23H23N5O2/c1-17(29)26-20-9-5-8-19(14-20)23(30)28-12-10-27(11-13-28)22-15-21(24-16-25-22)18-6-3-2-4-7-18/h2-9,14-16H,10-13H2,1H3,(H,26,29). The third-order valence-corrected chi connectivity index (χ3v) is 5.04. The molecule has 1 fully saturated rings. The molecule has 152 valence electrons. The molecule has 30 heavy (non-hydrogen) atoms. The molecule has 1 saturated heterocycles. The Labute approximate surface area is 175 Å². The number of nitrogens with one attached hydrogen (secondary N) is 1. The maximum absolute atomic E-state index is 12.9. The van der Waals surface area contributed by atoms with Gasteiger partial charge in [-0.05, 0) is 18.2 Å². The van der Waals surface area contributed by atoms with Gasteiger partial charge in [0, 0.05) is 56.0 Å². The topological polar surface area (TPSA) is 78.4 Å². The minimum Gasteiger partial charge on any atom is -0.353 e. The number of carbonyl (C=O) groups excluding carboxylic acids is 2. The van der Waals surface area contributed by atoms with Gasteiger partial charge in [-0.1, -0.05) is 36.4 Å². The zero-order valence-corrected chi connectivity index (χ0v) is 16.8. The highest BCUT2D eigenvalue weighted by atomic mass is 16.2. The van der Waals surface area contributed by atoms with E-state index in [0.29, 0.717) is 37.4 Å². The number of hydrogen-bond acceptors (Lipinski definition) is 5. The van der Waals surface area contributed by atoms with Gasteiger partial charge in [0.15, 0.2) is 0 Å². The second-order valence-electron chi connectivity index (χ2n) is 7.17. The lowest BCUT2D eigenvalue weighted by Gasteiger charge is -2.35. The number of carbonyl (C=O) groups is 2. The Balaban J connectivity index is 1.42. The Morgan fingerprint density at radius 1 is 0.900 bits per heavy atom. The van der Waals surface area contributed by atoms with Crippen LogP contribution in [0.3, 0.4) is 0 Å². The van der Waals surface area contributed by atoms with Gasteiger partial charge in [-0.15, -0.1) is 0 Å². The Bertz CT molecular complexity index is 1050. The van der Waals surface area contributed by atoms with Crippen LogP contribution in [-0.4, -0.2) is 52.9 Å². The molecule has 1 N–H and O–H groups in total. The Morgan fingerprint density at radius 3 is 2.40 bits per heavy atom. The summed E-state index contributed by atoms with van der Waals surface area (Å²) in [4.78, 5) is 37.0. The number of anilines is 2. The van der Waals surface area contributed by atoms with Crippen molar-refractivity contribution in [1.29, 1.82) is 0 Å². The number of nitrogens with zero attached hydrogens (tertiary/aromatic N) is 4. The van der Waals surface area contributed by atoms with E-state index >= 15 is 0 Å². The molecule has 0 bridgehead atoms. The highest BCUT2D eigenvalue weighted by molar-refractivity contribution is 5.97. The molecular formula is C23H23N5O2. The van der Waals surface area contributed by atoms with Gasteiger partial charge in [0.25, 0.3) is 5.91 Å². The lowest BCUT2D eigenvalue weighted by atomic mass is 10.1. The second kappa shape index (κ2) is 8.73. The van der Waals surface area contributed by atoms with E-state index in [1.165, 1.54) is 6.92 Å². The fourth-order valence-corrected chi connectivity index (χ4v) is 3.54. The molecule has 2 amide bonds. The summed E-state index contributed by atoms with van der Waals surface area (Å²) in [7, 11) is 0. The van der Waals surface area contributed by atoms with Crippen molar-refractivity contribution in [1.82, 2.24) is 14.9 Å². The summed E-state index contributed by atoms with van der Waals surface area (Å²) in [6.45, 7) is 4.05. The lowest BCUT2D eigenvalue weighted by molar-refractivity contribution is -0.114. The predicted octanol–water partition coefficient (Wildman–Crippen LogP) is 3.06. The molecule has 0 aliphatic carbocycles. The van der Waals surface area contributed by atoms with Crippen LogP contribution in [-0.2, 0) is 4.79 Å². The molecule has 2 aromatic carbocycles. The van der Waals surface area contributed by atoms with Crippen molar-refractivity contribution in [2.75, 3.05) is 36.4 Å². The van der Waals surface area contributed by atoms with Crippen LogP contribution in [0.1, 0.15) is 17.3 Å². The average Bonchev–Trinajstić information content (AvgIpc) is 2.79. The highest BCUT2D eigenvalue weighted by Gasteiger charge is 2.23. The largest absolute Gasteiger partial charge is 0.353 e. The first-order valence-electron chi connectivity index (χ1n) is 9.89. The van der Waals surface area contributed by atoms with Crippen LogP contribution in [0.5, 0.6) is 0 Å². The van der Waals surface area contributed by atoms with E-state index in [0.717, 1.165) is 17.1 Å². The third kappa shape index (κ3) is 4.46. The maximum Gasteiger partial charge on any atom is 0.254 e. The Kier molecular flexibility index (Phi) is 5.70. The van der Waals surface area contributed by atoms with Crippen LogP contribution in [0.4, 0.5) is 11.5 Å². The molecule has 7 heteroatoms. The zero-order chi connectivity index (χ0) is 20.9. The smallest absolute Gasteiger partial charge is 0.254 e. The van der Waals surface area contributed by atoms with Gasteiger partial charge >= 0.3 is 0 Å². The predicted molar refractivity (Wildman–Crippen MR) is 116 cm³/mol. The van der Waals surface area contributed by atoms with Gasteiger partial charge < -0.3 is 15.1 Å². The third-order valence-electron chi connectivity index (χ3n) is 5.04. The SMILES string of the molecule is CC(=O)Nc1cccc(C(=O)N2CCN(c3cc(-c4ccccc4)ncn3)CC2)c1. The quantitative estimate of drug-likeness (QED) is 0.727. The number of rotatable bonds is 4. The van der Waals surface area contributed by atoms with Crippen LogP contribution in [0, 0.1) is 0 Å². The summed E-state index contributed by atoms with van der Waals surface area (Å²) in [6, 6.07) is 19.0. The van der Waals surface area contributed by atoms with Gasteiger partial charge in [-0.25, -0.2) is 9.97 Å². The van der Waals surface area contributed by atoms with Gasteiger partial charge in [0.2, 0.25) is 5.91 Å². The maximum atomic E-state index is 12.9. The van der Waals surface area contributed by atoms with E-state index in [1.807, 2.05) is 41.3 Å². The molecule has 0 radical (unpaired) electrons. The van der Waals surface area contributed by atoms with E-state index in [-0.39, 0.29) is 11.8 Å². The van der Waals surface area contributed by atoms with Crippen LogP contribution in [0.25, 0.3) is 11.3 Å². The number of aromatic nitrogens is 2. The van der Waals surface area contributed by atoms with Gasteiger partial charge in [0.05, 0.1) is 5.69 Å². The van der Waals surface area contributed by atoms with Crippen LogP contribution >= 0.6 is 0 Å². The van der Waals surface area contributed by atoms with Crippen LogP contribution in [0.15, 0.2) is 67.0 Å². The molecule has 0 saturated carbocycles. The summed E-state index contributed by atoms with van der Waals surface area (Å²) >= 11 is 0. The van der Waals surface area contributed by atoms with Crippen molar-refractivity contribution in [3.05, 3.63) is 72.6 Å². The summed E-state index contributed by atoms with van der Waals surface area (Å²) < 4.78 is 0. The molecule has 1 aliphatic heterocycles. The van der Waals surface area contributed by atoms with Gasteiger partial charge in [-0.3, -0.25) is 9.59 Å². The minimum absolute atomic E-state index is 0.0329. The van der Waals surface area contributed by atoms with Gasteiger partial charge in [-0.2, -0.15) is 0 Å². The van der Waals surface area contributed by atoms with Crippen molar-refractivity contribution in [3.63, 3.8) is 0 Å². The summed E-state index contributed by atoms with van der Waals surface area (Å²) in [5.74, 6) is 0.672. The Morgan fingerprint density at radius 2 is 1.67 bits per heavy atom. The first-order chi connectivity index (χ1) is 14.6.